The smallest absolute Gasteiger partial charge is 0.320 e. The fraction of sp³-hybridized carbons (Fsp3) is 0.320. The van der Waals surface area contributed by atoms with E-state index in [0.717, 1.165) is 6.92 Å². The predicted octanol–water partition coefficient (Wildman–Crippen LogP) is 1.69. The average Bonchev–Trinajstić information content (AvgIpc) is 2.81. The first-order valence-electron chi connectivity index (χ1n) is 11.0. The lowest BCUT2D eigenvalue weighted by atomic mass is 9.82. The standard InChI is InChI=1S/C25H23NO9/c1-14(27)34-19-5-3-4-17-22(19)25(31)23-18(24(17)30)10-16(11-20(23)35-15(2)28)13-33-21(29)12-26-6-8-32-9-7-26/h3-5,10-11H,6-9,12-13H2,1-2H3. The summed E-state index contributed by atoms with van der Waals surface area (Å²) in [6, 6.07) is 7.17. The zero-order valence-corrected chi connectivity index (χ0v) is 19.3. The monoisotopic (exact) mass is 481 g/mol. The van der Waals surface area contributed by atoms with Gasteiger partial charge in [0.05, 0.1) is 30.9 Å². The molecule has 0 aromatic heterocycles. The van der Waals surface area contributed by atoms with Gasteiger partial charge in [0.25, 0.3) is 0 Å². The fourth-order valence-electron chi connectivity index (χ4n) is 4.02. The molecule has 0 spiro atoms. The zero-order valence-electron chi connectivity index (χ0n) is 19.3. The summed E-state index contributed by atoms with van der Waals surface area (Å²) in [5.41, 5.74) is 0.215. The molecule has 10 nitrogen and oxygen atoms in total. The Morgan fingerprint density at radius 2 is 1.54 bits per heavy atom. The minimum absolute atomic E-state index is 0.000420. The van der Waals surface area contributed by atoms with Crippen molar-refractivity contribution in [2.75, 3.05) is 32.8 Å². The molecule has 2 aromatic carbocycles. The van der Waals surface area contributed by atoms with Gasteiger partial charge in [-0.2, -0.15) is 0 Å². The van der Waals surface area contributed by atoms with Crippen molar-refractivity contribution < 1.29 is 42.9 Å². The SMILES string of the molecule is CC(=O)Oc1cccc2c1C(=O)c1c(OC(C)=O)cc(COC(=O)CN3CCOCC3)cc1C2=O. The summed E-state index contributed by atoms with van der Waals surface area (Å²) >= 11 is 0. The molecule has 0 radical (unpaired) electrons. The Bertz CT molecular complexity index is 1230. The fourth-order valence-corrected chi connectivity index (χ4v) is 4.02. The van der Waals surface area contributed by atoms with Crippen LogP contribution in [0.1, 0.15) is 51.3 Å². The van der Waals surface area contributed by atoms with Gasteiger partial charge in [-0.1, -0.05) is 12.1 Å². The second kappa shape index (κ2) is 10.2. The number of fused-ring (bicyclic) bond motifs is 2. The van der Waals surface area contributed by atoms with Crippen molar-refractivity contribution in [2.45, 2.75) is 20.5 Å². The Balaban J connectivity index is 1.65. The van der Waals surface area contributed by atoms with Crippen LogP contribution in [-0.2, 0) is 30.5 Å². The number of hydrogen-bond donors (Lipinski definition) is 0. The molecular weight excluding hydrogens is 458 g/mol. The Morgan fingerprint density at radius 1 is 0.886 bits per heavy atom. The molecule has 35 heavy (non-hydrogen) atoms. The number of carbonyl (C=O) groups is 5. The van der Waals surface area contributed by atoms with Crippen LogP contribution in [0, 0.1) is 0 Å². The van der Waals surface area contributed by atoms with Crippen LogP contribution in [0.5, 0.6) is 11.5 Å². The van der Waals surface area contributed by atoms with Crippen molar-refractivity contribution in [3.8, 4) is 11.5 Å². The number of ketones is 2. The number of ether oxygens (including phenoxy) is 4. The van der Waals surface area contributed by atoms with Crippen molar-refractivity contribution in [1.82, 2.24) is 4.90 Å². The van der Waals surface area contributed by atoms with E-state index in [2.05, 4.69) is 0 Å². The van der Waals surface area contributed by atoms with Crippen molar-refractivity contribution in [3.05, 3.63) is 58.1 Å². The van der Waals surface area contributed by atoms with Crippen LogP contribution in [0.3, 0.4) is 0 Å². The van der Waals surface area contributed by atoms with Gasteiger partial charge < -0.3 is 18.9 Å². The number of esters is 3. The molecule has 182 valence electrons. The Labute approximate surface area is 200 Å². The summed E-state index contributed by atoms with van der Waals surface area (Å²) in [5.74, 6) is -3.16. The lowest BCUT2D eigenvalue weighted by molar-refractivity contribution is -0.147. The highest BCUT2D eigenvalue weighted by Gasteiger charge is 2.36. The first kappa shape index (κ1) is 24.2. The molecule has 0 unspecified atom stereocenters. The van der Waals surface area contributed by atoms with Crippen LogP contribution in [0.25, 0.3) is 0 Å². The number of rotatable bonds is 6. The number of hydrogen-bond acceptors (Lipinski definition) is 10. The number of benzene rings is 2. The Kier molecular flexibility index (Phi) is 7.04. The van der Waals surface area contributed by atoms with E-state index < -0.39 is 29.5 Å². The van der Waals surface area contributed by atoms with Gasteiger partial charge in [-0.15, -0.1) is 0 Å². The maximum absolute atomic E-state index is 13.4. The largest absolute Gasteiger partial charge is 0.460 e. The number of nitrogens with zero attached hydrogens (tertiary/aromatic N) is 1. The highest BCUT2D eigenvalue weighted by Crippen LogP contribution is 2.38. The molecule has 2 aromatic rings. The quantitative estimate of drug-likeness (QED) is 0.379. The van der Waals surface area contributed by atoms with Gasteiger partial charge in [-0.25, -0.2) is 0 Å². The summed E-state index contributed by atoms with van der Waals surface area (Å²) in [7, 11) is 0. The van der Waals surface area contributed by atoms with E-state index in [1.807, 2.05) is 4.90 Å². The highest BCUT2D eigenvalue weighted by atomic mass is 16.5. The minimum Gasteiger partial charge on any atom is -0.460 e. The normalized spacial score (nSPS) is 15.1. The molecule has 1 heterocycles. The average molecular weight is 481 g/mol. The van der Waals surface area contributed by atoms with Gasteiger partial charge in [0.2, 0.25) is 5.78 Å². The molecule has 0 atom stereocenters. The third kappa shape index (κ3) is 5.28. The van der Waals surface area contributed by atoms with Gasteiger partial charge in [-0.3, -0.25) is 28.9 Å². The maximum atomic E-state index is 13.4. The third-order valence-corrected chi connectivity index (χ3v) is 5.50. The number of carbonyl (C=O) groups excluding carboxylic acids is 5. The molecule has 10 heteroatoms. The van der Waals surface area contributed by atoms with Gasteiger partial charge in [0, 0.05) is 38.1 Å². The lowest BCUT2D eigenvalue weighted by Gasteiger charge is -2.25. The molecule has 4 rings (SSSR count). The van der Waals surface area contributed by atoms with E-state index >= 15 is 0 Å². The molecular formula is C25H23NO9. The first-order chi connectivity index (χ1) is 16.7. The maximum Gasteiger partial charge on any atom is 0.320 e. The number of morpholine rings is 1. The third-order valence-electron chi connectivity index (χ3n) is 5.50. The van der Waals surface area contributed by atoms with Gasteiger partial charge >= 0.3 is 17.9 Å². The summed E-state index contributed by atoms with van der Waals surface area (Å²) in [4.78, 5) is 64.2. The molecule has 0 saturated carbocycles. The van der Waals surface area contributed by atoms with Crippen LogP contribution in [0.15, 0.2) is 30.3 Å². The zero-order chi connectivity index (χ0) is 25.1. The van der Waals surface area contributed by atoms with Crippen LogP contribution in [-0.4, -0.2) is 67.2 Å². The van der Waals surface area contributed by atoms with E-state index in [0.29, 0.717) is 31.9 Å². The van der Waals surface area contributed by atoms with E-state index in [4.69, 9.17) is 18.9 Å². The predicted molar refractivity (Wildman–Crippen MR) is 119 cm³/mol. The molecule has 1 aliphatic heterocycles. The van der Waals surface area contributed by atoms with Gasteiger partial charge in [0.1, 0.15) is 18.1 Å². The lowest BCUT2D eigenvalue weighted by Crippen LogP contribution is -2.40. The van der Waals surface area contributed by atoms with E-state index in [-0.39, 0.29) is 46.9 Å². The molecule has 2 aliphatic rings. The molecule has 0 bridgehead atoms. The van der Waals surface area contributed by atoms with Crippen molar-refractivity contribution in [1.29, 1.82) is 0 Å². The van der Waals surface area contributed by atoms with Crippen LogP contribution in [0.2, 0.25) is 0 Å². The van der Waals surface area contributed by atoms with Crippen LogP contribution in [0.4, 0.5) is 0 Å². The van der Waals surface area contributed by atoms with E-state index in [1.54, 1.807) is 0 Å². The topological polar surface area (TPSA) is 126 Å². The van der Waals surface area contributed by atoms with E-state index in [9.17, 15) is 24.0 Å². The van der Waals surface area contributed by atoms with Crippen molar-refractivity contribution in [3.63, 3.8) is 0 Å². The second-order valence-electron chi connectivity index (χ2n) is 8.09. The Morgan fingerprint density at radius 3 is 2.23 bits per heavy atom. The summed E-state index contributed by atoms with van der Waals surface area (Å²) < 4.78 is 21.0. The van der Waals surface area contributed by atoms with Crippen LogP contribution < -0.4 is 9.47 Å². The first-order valence-corrected chi connectivity index (χ1v) is 11.0. The molecule has 1 aliphatic carbocycles. The minimum atomic E-state index is -0.701. The highest BCUT2D eigenvalue weighted by molar-refractivity contribution is 6.30. The van der Waals surface area contributed by atoms with Gasteiger partial charge in [-0.05, 0) is 23.8 Å². The van der Waals surface area contributed by atoms with E-state index in [1.165, 1.54) is 37.3 Å². The molecule has 0 N–H and O–H groups in total. The van der Waals surface area contributed by atoms with Crippen molar-refractivity contribution >= 4 is 29.5 Å². The van der Waals surface area contributed by atoms with Crippen molar-refractivity contribution in [2.24, 2.45) is 0 Å². The summed E-state index contributed by atoms with van der Waals surface area (Å²) in [5, 5.41) is 0. The molecule has 0 amide bonds. The Hall–Kier alpha value is -3.89. The summed E-state index contributed by atoms with van der Waals surface area (Å²) in [6.07, 6.45) is 0. The summed E-state index contributed by atoms with van der Waals surface area (Å²) in [6.45, 7) is 4.57. The van der Waals surface area contributed by atoms with Gasteiger partial charge in [0.15, 0.2) is 5.78 Å². The molecule has 1 fully saturated rings. The van der Waals surface area contributed by atoms with Crippen LogP contribution >= 0.6 is 0 Å². The molecule has 1 saturated heterocycles. The second-order valence-corrected chi connectivity index (χ2v) is 8.09.